The highest BCUT2D eigenvalue weighted by Gasteiger charge is 2.50. The molecule has 8 nitrogen and oxygen atoms in total. The molecule has 2 aliphatic rings. The molecule has 0 radical (unpaired) electrons. The van der Waals surface area contributed by atoms with Crippen molar-refractivity contribution in [3.8, 4) is 0 Å². The van der Waals surface area contributed by atoms with E-state index in [1.807, 2.05) is 19.0 Å². The van der Waals surface area contributed by atoms with Gasteiger partial charge in [0.1, 0.15) is 6.33 Å². The van der Waals surface area contributed by atoms with Gasteiger partial charge in [0.25, 0.3) is 0 Å². The van der Waals surface area contributed by atoms with Gasteiger partial charge in [-0.25, -0.2) is 9.97 Å². The Hall–Kier alpha value is -2.06. The standard InChI is InChI=1S/C21H34N6O2/c1-15(2)27-18(21(29)24-7-8-25(3)4)9-17-12-26(13-19(17)27)20(28)6-5-16-10-22-14-23-11-16/h10-11,14-15,17-19H,5-9,12-13H2,1-4H3,(H,24,29)/t17-,18+,19+/m1/s1. The molecule has 2 aliphatic heterocycles. The zero-order valence-corrected chi connectivity index (χ0v) is 18.0. The number of fused-ring (bicyclic) bond motifs is 1. The number of nitrogens with one attached hydrogen (secondary N) is 1. The molecule has 1 aromatic heterocycles. The monoisotopic (exact) mass is 402 g/mol. The fourth-order valence-corrected chi connectivity index (χ4v) is 4.64. The van der Waals surface area contributed by atoms with Gasteiger partial charge in [-0.1, -0.05) is 0 Å². The average molecular weight is 403 g/mol. The van der Waals surface area contributed by atoms with Crippen molar-refractivity contribution in [1.29, 1.82) is 0 Å². The normalized spacial score (nSPS) is 24.3. The van der Waals surface area contributed by atoms with E-state index < -0.39 is 0 Å². The van der Waals surface area contributed by atoms with Crippen LogP contribution in [0.5, 0.6) is 0 Å². The Bertz CT molecular complexity index is 696. The number of hydrogen-bond donors (Lipinski definition) is 1. The Kier molecular flexibility index (Phi) is 7.18. The van der Waals surface area contributed by atoms with Crippen LogP contribution >= 0.6 is 0 Å². The number of likely N-dealkylation sites (tertiary alicyclic amines) is 2. The minimum atomic E-state index is -0.0918. The van der Waals surface area contributed by atoms with Crippen LogP contribution in [0.15, 0.2) is 18.7 Å². The van der Waals surface area contributed by atoms with Crippen LogP contribution in [0.1, 0.15) is 32.3 Å². The van der Waals surface area contributed by atoms with Crippen molar-refractivity contribution in [2.24, 2.45) is 5.92 Å². The molecule has 2 saturated heterocycles. The molecule has 0 aliphatic carbocycles. The first kappa shape index (κ1) is 21.6. The second-order valence-corrected chi connectivity index (χ2v) is 8.76. The predicted octanol–water partition coefficient (Wildman–Crippen LogP) is 0.397. The third-order valence-electron chi connectivity index (χ3n) is 6.03. The molecule has 1 N–H and O–H groups in total. The number of hydrogen-bond acceptors (Lipinski definition) is 6. The number of carbonyl (C=O) groups excluding carboxylic acids is 2. The van der Waals surface area contributed by atoms with Gasteiger partial charge in [0, 0.05) is 57.1 Å². The summed E-state index contributed by atoms with van der Waals surface area (Å²) in [4.78, 5) is 39.9. The largest absolute Gasteiger partial charge is 0.353 e. The summed E-state index contributed by atoms with van der Waals surface area (Å²) in [6.07, 6.45) is 6.99. The average Bonchev–Trinajstić information content (AvgIpc) is 3.24. The van der Waals surface area contributed by atoms with Gasteiger partial charge in [-0.15, -0.1) is 0 Å². The summed E-state index contributed by atoms with van der Waals surface area (Å²) in [5, 5.41) is 3.09. The molecule has 8 heteroatoms. The Morgan fingerprint density at radius 1 is 1.24 bits per heavy atom. The van der Waals surface area contributed by atoms with E-state index in [0.29, 0.717) is 31.8 Å². The van der Waals surface area contributed by atoms with Gasteiger partial charge in [0.2, 0.25) is 11.8 Å². The van der Waals surface area contributed by atoms with E-state index in [-0.39, 0.29) is 29.9 Å². The molecule has 3 atom stereocenters. The summed E-state index contributed by atoms with van der Waals surface area (Å²) in [5.74, 6) is 0.668. The van der Waals surface area contributed by atoms with Gasteiger partial charge in [0.05, 0.1) is 6.04 Å². The van der Waals surface area contributed by atoms with Crippen LogP contribution in [0.2, 0.25) is 0 Å². The molecule has 29 heavy (non-hydrogen) atoms. The summed E-state index contributed by atoms with van der Waals surface area (Å²) in [7, 11) is 4.01. The van der Waals surface area contributed by atoms with Crippen molar-refractivity contribution in [2.75, 3.05) is 40.3 Å². The molecule has 0 unspecified atom stereocenters. The molecule has 2 amide bonds. The minimum absolute atomic E-state index is 0.0918. The summed E-state index contributed by atoms with van der Waals surface area (Å²) >= 11 is 0. The van der Waals surface area contributed by atoms with Crippen LogP contribution in [0, 0.1) is 5.92 Å². The lowest BCUT2D eigenvalue weighted by molar-refractivity contribution is -0.131. The second-order valence-electron chi connectivity index (χ2n) is 8.76. The van der Waals surface area contributed by atoms with Crippen molar-refractivity contribution in [3.05, 3.63) is 24.3 Å². The molecule has 0 saturated carbocycles. The third-order valence-corrected chi connectivity index (χ3v) is 6.03. The third kappa shape index (κ3) is 5.30. The van der Waals surface area contributed by atoms with Gasteiger partial charge in [0.15, 0.2) is 0 Å². The van der Waals surface area contributed by atoms with Gasteiger partial charge in [-0.3, -0.25) is 14.5 Å². The zero-order valence-electron chi connectivity index (χ0n) is 18.0. The first-order valence-electron chi connectivity index (χ1n) is 10.6. The Morgan fingerprint density at radius 2 is 1.97 bits per heavy atom. The fourth-order valence-electron chi connectivity index (χ4n) is 4.64. The molecule has 0 spiro atoms. The van der Waals surface area contributed by atoms with Crippen LogP contribution < -0.4 is 5.32 Å². The van der Waals surface area contributed by atoms with E-state index in [4.69, 9.17) is 0 Å². The molecule has 0 aromatic carbocycles. The molecular weight excluding hydrogens is 368 g/mol. The van der Waals surface area contributed by atoms with Crippen molar-refractivity contribution in [2.45, 2.75) is 51.2 Å². The first-order valence-corrected chi connectivity index (χ1v) is 10.6. The van der Waals surface area contributed by atoms with Crippen LogP contribution in [-0.2, 0) is 16.0 Å². The lowest BCUT2D eigenvalue weighted by atomic mass is 10.0. The first-order chi connectivity index (χ1) is 13.9. The summed E-state index contributed by atoms with van der Waals surface area (Å²) in [6.45, 7) is 7.25. The maximum atomic E-state index is 12.8. The van der Waals surface area contributed by atoms with E-state index >= 15 is 0 Å². The van der Waals surface area contributed by atoms with Crippen LogP contribution in [0.4, 0.5) is 0 Å². The Labute approximate surface area is 173 Å². The fraction of sp³-hybridized carbons (Fsp3) is 0.714. The highest BCUT2D eigenvalue weighted by molar-refractivity contribution is 5.82. The van der Waals surface area contributed by atoms with E-state index in [2.05, 4.69) is 38.9 Å². The topological polar surface area (TPSA) is 81.7 Å². The molecular formula is C21H34N6O2. The highest BCUT2D eigenvalue weighted by Crippen LogP contribution is 2.37. The number of likely N-dealkylation sites (N-methyl/N-ethyl adjacent to an activating group) is 1. The van der Waals surface area contributed by atoms with Crippen molar-refractivity contribution in [1.82, 2.24) is 30.0 Å². The summed E-state index contributed by atoms with van der Waals surface area (Å²) < 4.78 is 0. The maximum absolute atomic E-state index is 12.8. The Balaban J connectivity index is 1.55. The molecule has 1 aromatic rings. The van der Waals surface area contributed by atoms with E-state index in [1.54, 1.807) is 12.4 Å². The second kappa shape index (κ2) is 9.63. The molecule has 0 bridgehead atoms. The molecule has 160 valence electrons. The van der Waals surface area contributed by atoms with Crippen LogP contribution in [-0.4, -0.2) is 94.9 Å². The highest BCUT2D eigenvalue weighted by atomic mass is 16.2. The minimum Gasteiger partial charge on any atom is -0.353 e. The lowest BCUT2D eigenvalue weighted by Crippen LogP contribution is -2.51. The van der Waals surface area contributed by atoms with Crippen LogP contribution in [0.3, 0.4) is 0 Å². The number of amides is 2. The molecule has 3 heterocycles. The molecule has 2 fully saturated rings. The van der Waals surface area contributed by atoms with Crippen LogP contribution in [0.25, 0.3) is 0 Å². The summed E-state index contributed by atoms with van der Waals surface area (Å²) in [6, 6.07) is 0.445. The number of nitrogens with zero attached hydrogens (tertiary/aromatic N) is 5. The van der Waals surface area contributed by atoms with Crippen molar-refractivity contribution >= 4 is 11.8 Å². The Morgan fingerprint density at radius 3 is 2.62 bits per heavy atom. The van der Waals surface area contributed by atoms with Crippen molar-refractivity contribution < 1.29 is 9.59 Å². The van der Waals surface area contributed by atoms with Crippen molar-refractivity contribution in [3.63, 3.8) is 0 Å². The smallest absolute Gasteiger partial charge is 0.237 e. The van der Waals surface area contributed by atoms with Gasteiger partial charge in [-0.05, 0) is 52.3 Å². The maximum Gasteiger partial charge on any atom is 0.237 e. The van der Waals surface area contributed by atoms with E-state index in [9.17, 15) is 9.59 Å². The number of aryl methyl sites for hydroxylation is 1. The van der Waals surface area contributed by atoms with Gasteiger partial charge >= 0.3 is 0 Å². The van der Waals surface area contributed by atoms with E-state index in [1.165, 1.54) is 6.33 Å². The predicted molar refractivity (Wildman–Crippen MR) is 111 cm³/mol. The molecule has 3 rings (SSSR count). The van der Waals surface area contributed by atoms with Gasteiger partial charge < -0.3 is 15.1 Å². The number of carbonyl (C=O) groups is 2. The van der Waals surface area contributed by atoms with E-state index in [0.717, 1.165) is 25.1 Å². The zero-order chi connectivity index (χ0) is 21.0. The number of rotatable bonds is 8. The quantitative estimate of drug-likeness (QED) is 0.678. The SMILES string of the molecule is CC(C)N1[C@H](C(=O)NCCN(C)C)C[C@@H]2CN(C(=O)CCc3cncnc3)C[C@@H]21. The lowest BCUT2D eigenvalue weighted by Gasteiger charge is -2.33. The number of aromatic nitrogens is 2. The van der Waals surface area contributed by atoms with Gasteiger partial charge in [-0.2, -0.15) is 0 Å². The summed E-state index contributed by atoms with van der Waals surface area (Å²) in [5.41, 5.74) is 0.985.